The Morgan fingerprint density at radius 3 is 2.17 bits per heavy atom. The predicted octanol–water partition coefficient (Wildman–Crippen LogP) is 1.76. The molecule has 24 heavy (non-hydrogen) atoms. The van der Waals surface area contributed by atoms with E-state index in [2.05, 4.69) is 15.3 Å². The molecule has 1 rings (SSSR count). The van der Waals surface area contributed by atoms with E-state index in [0.29, 0.717) is 5.69 Å². The summed E-state index contributed by atoms with van der Waals surface area (Å²) in [5.74, 6) is -1.88. The highest BCUT2D eigenvalue weighted by atomic mass is 16.6. The molecule has 8 heteroatoms. The second-order valence-electron chi connectivity index (χ2n) is 7.33. The summed E-state index contributed by atoms with van der Waals surface area (Å²) < 4.78 is 10.2. The Balaban J connectivity index is 2.86. The quantitative estimate of drug-likeness (QED) is 0.625. The topological polar surface area (TPSA) is 110 Å². The summed E-state index contributed by atoms with van der Waals surface area (Å²) in [6.45, 7) is 10.1. The zero-order chi connectivity index (χ0) is 18.5. The molecule has 0 spiro atoms. The highest BCUT2D eigenvalue weighted by Gasteiger charge is 2.32. The van der Waals surface area contributed by atoms with E-state index in [0.717, 1.165) is 0 Å². The van der Waals surface area contributed by atoms with Crippen LogP contribution in [-0.4, -0.2) is 45.1 Å². The number of aromatic amines is 1. The lowest BCUT2D eigenvalue weighted by Crippen LogP contribution is -2.48. The van der Waals surface area contributed by atoms with Crippen molar-refractivity contribution in [3.8, 4) is 0 Å². The Morgan fingerprint density at radius 1 is 1.12 bits per heavy atom. The van der Waals surface area contributed by atoms with Gasteiger partial charge in [-0.25, -0.2) is 14.6 Å². The Morgan fingerprint density at radius 2 is 1.71 bits per heavy atom. The molecule has 0 saturated heterocycles. The standard InChI is InChI=1S/C16H25N3O5/c1-15(2,3)23-13(21)12(20)11(7-10-8-17-9-18-10)19-14(22)24-16(4,5)6/h8-9,11H,7H2,1-6H3,(H,17,18)(H,19,22)/t11-/m0/s1. The molecule has 1 aromatic rings. The van der Waals surface area contributed by atoms with Gasteiger partial charge in [-0.3, -0.25) is 4.79 Å². The van der Waals surface area contributed by atoms with Crippen LogP contribution in [0.15, 0.2) is 12.5 Å². The first kappa shape index (κ1) is 19.7. The SMILES string of the molecule is CC(C)(C)OC(=O)N[C@@H](Cc1c[nH]cn1)C(=O)C(=O)OC(C)(C)C. The van der Waals surface area contributed by atoms with E-state index in [-0.39, 0.29) is 6.42 Å². The molecular formula is C16H25N3O5. The van der Waals surface area contributed by atoms with Gasteiger partial charge in [0.25, 0.3) is 5.78 Å². The second-order valence-corrected chi connectivity index (χ2v) is 7.33. The number of esters is 1. The third-order valence-electron chi connectivity index (χ3n) is 2.58. The van der Waals surface area contributed by atoms with Crippen LogP contribution in [0.25, 0.3) is 0 Å². The van der Waals surface area contributed by atoms with E-state index < -0.39 is 35.1 Å². The van der Waals surface area contributed by atoms with Crippen LogP contribution >= 0.6 is 0 Å². The van der Waals surface area contributed by atoms with Crippen molar-refractivity contribution in [2.75, 3.05) is 0 Å². The number of H-pyrrole nitrogens is 1. The van der Waals surface area contributed by atoms with Gasteiger partial charge in [0.2, 0.25) is 0 Å². The third kappa shape index (κ3) is 7.26. The number of amides is 1. The molecule has 1 amide bonds. The molecule has 1 atom stereocenters. The molecule has 2 N–H and O–H groups in total. The van der Waals surface area contributed by atoms with Crippen LogP contribution in [0.3, 0.4) is 0 Å². The number of nitrogens with zero attached hydrogens (tertiary/aromatic N) is 1. The van der Waals surface area contributed by atoms with Crippen LogP contribution < -0.4 is 5.32 Å². The summed E-state index contributed by atoms with van der Waals surface area (Å²) in [6.07, 6.45) is 2.27. The second kappa shape index (κ2) is 7.46. The number of hydrogen-bond acceptors (Lipinski definition) is 6. The molecule has 0 aromatic carbocycles. The number of hydrogen-bond donors (Lipinski definition) is 2. The van der Waals surface area contributed by atoms with E-state index in [1.54, 1.807) is 47.7 Å². The van der Waals surface area contributed by atoms with Gasteiger partial charge in [-0.05, 0) is 41.5 Å². The van der Waals surface area contributed by atoms with E-state index in [4.69, 9.17) is 9.47 Å². The maximum Gasteiger partial charge on any atom is 0.408 e. The monoisotopic (exact) mass is 339 g/mol. The average Bonchev–Trinajstić information content (AvgIpc) is 2.85. The van der Waals surface area contributed by atoms with Crippen LogP contribution in [0, 0.1) is 0 Å². The number of imidazole rings is 1. The smallest absolute Gasteiger partial charge is 0.408 e. The number of alkyl carbamates (subject to hydrolysis) is 1. The lowest BCUT2D eigenvalue weighted by molar-refractivity contribution is -0.163. The van der Waals surface area contributed by atoms with E-state index >= 15 is 0 Å². The molecule has 134 valence electrons. The highest BCUT2D eigenvalue weighted by molar-refractivity contribution is 6.36. The maximum atomic E-state index is 12.4. The van der Waals surface area contributed by atoms with Crippen LogP contribution in [0.2, 0.25) is 0 Å². The van der Waals surface area contributed by atoms with Gasteiger partial charge in [0, 0.05) is 12.6 Å². The van der Waals surface area contributed by atoms with Crippen molar-refractivity contribution in [2.45, 2.75) is 65.2 Å². The lowest BCUT2D eigenvalue weighted by atomic mass is 10.1. The average molecular weight is 339 g/mol. The molecule has 0 aliphatic carbocycles. The minimum atomic E-state index is -1.13. The number of ether oxygens (including phenoxy) is 2. The van der Waals surface area contributed by atoms with Gasteiger partial charge in [-0.15, -0.1) is 0 Å². The Kier molecular flexibility index (Phi) is 6.11. The molecule has 0 radical (unpaired) electrons. The van der Waals surface area contributed by atoms with Gasteiger partial charge in [-0.1, -0.05) is 0 Å². The fourth-order valence-electron chi connectivity index (χ4n) is 1.74. The van der Waals surface area contributed by atoms with Crippen molar-refractivity contribution in [1.82, 2.24) is 15.3 Å². The summed E-state index contributed by atoms with van der Waals surface area (Å²) in [5.41, 5.74) is -1.01. The summed E-state index contributed by atoms with van der Waals surface area (Å²) >= 11 is 0. The molecule has 1 heterocycles. The molecular weight excluding hydrogens is 314 g/mol. The number of ketones is 1. The largest absolute Gasteiger partial charge is 0.454 e. The first-order chi connectivity index (χ1) is 10.9. The zero-order valence-corrected chi connectivity index (χ0v) is 14.9. The number of nitrogens with one attached hydrogen (secondary N) is 2. The van der Waals surface area contributed by atoms with E-state index in [9.17, 15) is 14.4 Å². The maximum absolute atomic E-state index is 12.4. The summed E-state index contributed by atoms with van der Waals surface area (Å²) in [4.78, 5) is 43.1. The van der Waals surface area contributed by atoms with Crippen molar-refractivity contribution in [3.63, 3.8) is 0 Å². The highest BCUT2D eigenvalue weighted by Crippen LogP contribution is 2.11. The van der Waals surface area contributed by atoms with Gasteiger partial charge in [0.1, 0.15) is 17.2 Å². The minimum Gasteiger partial charge on any atom is -0.454 e. The summed E-state index contributed by atoms with van der Waals surface area (Å²) in [7, 11) is 0. The third-order valence-corrected chi connectivity index (χ3v) is 2.58. The first-order valence-corrected chi connectivity index (χ1v) is 7.62. The molecule has 8 nitrogen and oxygen atoms in total. The molecule has 0 aliphatic rings. The molecule has 0 unspecified atom stereocenters. The van der Waals surface area contributed by atoms with Gasteiger partial charge in [0.15, 0.2) is 0 Å². The van der Waals surface area contributed by atoms with Gasteiger partial charge < -0.3 is 19.8 Å². The molecule has 0 fully saturated rings. The lowest BCUT2D eigenvalue weighted by Gasteiger charge is -2.24. The zero-order valence-electron chi connectivity index (χ0n) is 14.9. The normalized spacial score (nSPS) is 13.1. The van der Waals surface area contributed by atoms with Gasteiger partial charge >= 0.3 is 12.1 Å². The Hall–Kier alpha value is -2.38. The Labute approximate surface area is 141 Å². The minimum absolute atomic E-state index is 0.0425. The number of carbonyl (C=O) groups excluding carboxylic acids is 3. The van der Waals surface area contributed by atoms with Crippen molar-refractivity contribution < 1.29 is 23.9 Å². The fourth-order valence-corrected chi connectivity index (χ4v) is 1.74. The van der Waals surface area contributed by atoms with E-state index in [1.807, 2.05) is 0 Å². The van der Waals surface area contributed by atoms with Crippen molar-refractivity contribution in [3.05, 3.63) is 18.2 Å². The van der Waals surface area contributed by atoms with Crippen molar-refractivity contribution in [2.24, 2.45) is 0 Å². The number of rotatable bonds is 5. The summed E-state index contributed by atoms with van der Waals surface area (Å²) in [5, 5.41) is 2.41. The summed E-state index contributed by atoms with van der Waals surface area (Å²) in [6, 6.07) is -1.13. The number of carbonyl (C=O) groups is 3. The Bertz CT molecular complexity index is 582. The molecule has 1 aromatic heterocycles. The van der Waals surface area contributed by atoms with E-state index in [1.165, 1.54) is 6.33 Å². The molecule has 0 aliphatic heterocycles. The predicted molar refractivity (Wildman–Crippen MR) is 86.3 cm³/mol. The van der Waals surface area contributed by atoms with Gasteiger partial charge in [0.05, 0.1) is 12.0 Å². The van der Waals surface area contributed by atoms with Crippen LogP contribution in [0.4, 0.5) is 4.79 Å². The van der Waals surface area contributed by atoms with Gasteiger partial charge in [-0.2, -0.15) is 0 Å². The van der Waals surface area contributed by atoms with Crippen LogP contribution in [0.5, 0.6) is 0 Å². The molecule has 0 saturated carbocycles. The van der Waals surface area contributed by atoms with Crippen molar-refractivity contribution in [1.29, 1.82) is 0 Å². The fraction of sp³-hybridized carbons (Fsp3) is 0.625. The molecule has 0 bridgehead atoms. The number of aromatic nitrogens is 2. The first-order valence-electron chi connectivity index (χ1n) is 7.62. The van der Waals surface area contributed by atoms with Crippen LogP contribution in [0.1, 0.15) is 47.2 Å². The van der Waals surface area contributed by atoms with Crippen LogP contribution in [-0.2, 0) is 25.5 Å². The van der Waals surface area contributed by atoms with Crippen molar-refractivity contribution >= 4 is 17.8 Å². The number of Topliss-reactive ketones (excluding diaryl/α,β-unsaturated/α-hetero) is 1.